The lowest BCUT2D eigenvalue weighted by atomic mass is 9.85. The van der Waals surface area contributed by atoms with Gasteiger partial charge in [0.25, 0.3) is 0 Å². The van der Waals surface area contributed by atoms with Gasteiger partial charge in [0.1, 0.15) is 0 Å². The molecule has 0 bridgehead atoms. The normalized spacial score (nSPS) is 51.8. The van der Waals surface area contributed by atoms with Gasteiger partial charge in [-0.25, -0.2) is 0 Å². The second-order valence-corrected chi connectivity index (χ2v) is 6.43. The summed E-state index contributed by atoms with van der Waals surface area (Å²) < 4.78 is 6.22. The van der Waals surface area contributed by atoms with Crippen molar-refractivity contribution in [1.29, 1.82) is 0 Å². The maximum absolute atomic E-state index is 9.53. The molecule has 1 heterocycles. The Morgan fingerprint density at radius 1 is 1.07 bits per heavy atom. The zero-order valence-electron chi connectivity index (χ0n) is 9.19. The highest BCUT2D eigenvalue weighted by atomic mass is 16.5. The lowest BCUT2D eigenvalue weighted by molar-refractivity contribution is -0.100. The highest BCUT2D eigenvalue weighted by Crippen LogP contribution is 2.61. The van der Waals surface area contributed by atoms with Gasteiger partial charge in [-0.05, 0) is 56.3 Å². The third kappa shape index (κ3) is 1.53. The number of hydrogen-bond acceptors (Lipinski definition) is 2. The van der Waals surface area contributed by atoms with Gasteiger partial charge >= 0.3 is 0 Å². The van der Waals surface area contributed by atoms with Crippen LogP contribution in [0.5, 0.6) is 0 Å². The Balaban J connectivity index is 1.50. The van der Waals surface area contributed by atoms with Gasteiger partial charge in [-0.3, -0.25) is 0 Å². The number of aliphatic hydroxyl groups is 1. The molecular formula is C13H20O2. The van der Waals surface area contributed by atoms with Crippen LogP contribution in [0.2, 0.25) is 0 Å². The summed E-state index contributed by atoms with van der Waals surface area (Å²) >= 11 is 0. The summed E-state index contributed by atoms with van der Waals surface area (Å²) in [5.74, 6) is 1.37. The van der Waals surface area contributed by atoms with Crippen LogP contribution in [-0.4, -0.2) is 23.4 Å². The highest BCUT2D eigenvalue weighted by Gasteiger charge is 2.56. The molecule has 84 valence electrons. The van der Waals surface area contributed by atoms with E-state index in [4.69, 9.17) is 4.74 Å². The molecule has 2 unspecified atom stereocenters. The van der Waals surface area contributed by atoms with E-state index in [1.165, 1.54) is 38.5 Å². The number of ether oxygens (including phenoxy) is 1. The average Bonchev–Trinajstić information content (AvgIpc) is 3.04. The molecule has 3 aliphatic carbocycles. The number of hydrogen-bond donors (Lipinski definition) is 1. The van der Waals surface area contributed by atoms with Gasteiger partial charge in [-0.1, -0.05) is 0 Å². The molecule has 0 amide bonds. The smallest absolute Gasteiger partial charge is 0.0638 e. The maximum Gasteiger partial charge on any atom is 0.0638 e. The molecule has 4 fully saturated rings. The van der Waals surface area contributed by atoms with Gasteiger partial charge in [0.15, 0.2) is 0 Å². The Hall–Kier alpha value is -0.0800. The van der Waals surface area contributed by atoms with E-state index in [0.717, 1.165) is 12.3 Å². The van der Waals surface area contributed by atoms with Crippen LogP contribution in [-0.2, 0) is 4.74 Å². The van der Waals surface area contributed by atoms with Gasteiger partial charge in [0.05, 0.1) is 18.3 Å². The fourth-order valence-corrected chi connectivity index (χ4v) is 3.44. The van der Waals surface area contributed by atoms with Crippen molar-refractivity contribution >= 4 is 0 Å². The van der Waals surface area contributed by atoms with Crippen molar-refractivity contribution < 1.29 is 9.84 Å². The van der Waals surface area contributed by atoms with Gasteiger partial charge in [-0.2, -0.15) is 0 Å². The average molecular weight is 208 g/mol. The lowest BCUT2D eigenvalue weighted by Crippen LogP contribution is -2.36. The molecule has 0 aromatic rings. The van der Waals surface area contributed by atoms with E-state index >= 15 is 0 Å². The van der Waals surface area contributed by atoms with E-state index in [1.54, 1.807) is 0 Å². The van der Waals surface area contributed by atoms with E-state index in [0.29, 0.717) is 23.5 Å². The Kier molecular flexibility index (Phi) is 1.67. The second-order valence-electron chi connectivity index (χ2n) is 6.43. The van der Waals surface area contributed by atoms with Crippen molar-refractivity contribution in [2.24, 2.45) is 17.3 Å². The summed E-state index contributed by atoms with van der Waals surface area (Å²) in [5.41, 5.74) is 0.665. The summed E-state index contributed by atoms with van der Waals surface area (Å²) in [6, 6.07) is 0. The monoisotopic (exact) mass is 208 g/mol. The Labute approximate surface area is 91.0 Å². The van der Waals surface area contributed by atoms with Crippen LogP contribution in [0.4, 0.5) is 0 Å². The van der Waals surface area contributed by atoms with Crippen LogP contribution in [0.3, 0.4) is 0 Å². The van der Waals surface area contributed by atoms with Crippen LogP contribution in [0, 0.1) is 17.3 Å². The molecule has 1 aliphatic heterocycles. The van der Waals surface area contributed by atoms with Gasteiger partial charge < -0.3 is 9.84 Å². The molecule has 2 nitrogen and oxygen atoms in total. The predicted octanol–water partition coefficient (Wildman–Crippen LogP) is 2.10. The zero-order valence-corrected chi connectivity index (χ0v) is 9.19. The standard InChI is InChI=1S/C13H20O2/c14-10-5-9(10)12-7-13(3-4-13)6-11(15-12)8-1-2-8/h8-12,14H,1-7H2/t9?,10?,11-,12+/m1/s1. The molecule has 2 heteroatoms. The van der Waals surface area contributed by atoms with Gasteiger partial charge in [-0.15, -0.1) is 0 Å². The summed E-state index contributed by atoms with van der Waals surface area (Å²) in [5, 5.41) is 9.53. The first kappa shape index (κ1) is 9.00. The summed E-state index contributed by atoms with van der Waals surface area (Å²) in [6.45, 7) is 0. The molecule has 1 saturated heterocycles. The molecule has 0 radical (unpaired) electrons. The molecule has 1 spiro atoms. The number of rotatable bonds is 2. The van der Waals surface area contributed by atoms with E-state index in [9.17, 15) is 5.11 Å². The fourth-order valence-electron chi connectivity index (χ4n) is 3.44. The molecule has 4 atom stereocenters. The van der Waals surface area contributed by atoms with Crippen LogP contribution in [0.1, 0.15) is 44.9 Å². The Bertz CT molecular complexity index is 280. The van der Waals surface area contributed by atoms with Crippen molar-refractivity contribution in [3.8, 4) is 0 Å². The van der Waals surface area contributed by atoms with Crippen LogP contribution >= 0.6 is 0 Å². The predicted molar refractivity (Wildman–Crippen MR) is 56.4 cm³/mol. The van der Waals surface area contributed by atoms with Crippen LogP contribution in [0.15, 0.2) is 0 Å². The van der Waals surface area contributed by atoms with Crippen LogP contribution in [0.25, 0.3) is 0 Å². The zero-order chi connectivity index (χ0) is 10.0. The minimum absolute atomic E-state index is 0.0382. The molecule has 4 rings (SSSR count). The van der Waals surface area contributed by atoms with Gasteiger partial charge in [0, 0.05) is 5.92 Å². The SMILES string of the molecule is OC1CC1[C@@H]1CC2(CC2)C[C@H](C2CC2)O1. The van der Waals surface area contributed by atoms with Crippen molar-refractivity contribution in [3.05, 3.63) is 0 Å². The Morgan fingerprint density at radius 3 is 2.27 bits per heavy atom. The Morgan fingerprint density at radius 2 is 1.73 bits per heavy atom. The molecule has 0 aromatic carbocycles. The fraction of sp³-hybridized carbons (Fsp3) is 1.00. The molecular weight excluding hydrogens is 188 g/mol. The van der Waals surface area contributed by atoms with Crippen molar-refractivity contribution in [2.45, 2.75) is 63.3 Å². The highest BCUT2D eigenvalue weighted by molar-refractivity contribution is 5.06. The molecule has 3 saturated carbocycles. The van der Waals surface area contributed by atoms with Crippen molar-refractivity contribution in [3.63, 3.8) is 0 Å². The first-order valence-corrected chi connectivity index (χ1v) is 6.59. The lowest BCUT2D eigenvalue weighted by Gasteiger charge is -2.36. The van der Waals surface area contributed by atoms with E-state index in [-0.39, 0.29) is 6.10 Å². The third-order valence-electron chi connectivity index (χ3n) is 5.01. The third-order valence-corrected chi connectivity index (χ3v) is 5.01. The molecule has 4 aliphatic rings. The maximum atomic E-state index is 9.53. The van der Waals surface area contributed by atoms with E-state index in [1.807, 2.05) is 0 Å². The summed E-state index contributed by atoms with van der Waals surface area (Å²) in [4.78, 5) is 0. The molecule has 1 N–H and O–H groups in total. The first-order chi connectivity index (χ1) is 7.26. The summed E-state index contributed by atoms with van der Waals surface area (Å²) in [6.07, 6.45) is 10.1. The minimum atomic E-state index is -0.0382. The quantitative estimate of drug-likeness (QED) is 0.753. The molecule has 0 aromatic heterocycles. The summed E-state index contributed by atoms with van der Waals surface area (Å²) in [7, 11) is 0. The van der Waals surface area contributed by atoms with Crippen LogP contribution < -0.4 is 0 Å². The minimum Gasteiger partial charge on any atom is -0.393 e. The van der Waals surface area contributed by atoms with Gasteiger partial charge in [0.2, 0.25) is 0 Å². The van der Waals surface area contributed by atoms with E-state index < -0.39 is 0 Å². The first-order valence-electron chi connectivity index (χ1n) is 6.59. The van der Waals surface area contributed by atoms with Crippen molar-refractivity contribution in [2.75, 3.05) is 0 Å². The number of aliphatic hydroxyl groups excluding tert-OH is 1. The largest absolute Gasteiger partial charge is 0.393 e. The topological polar surface area (TPSA) is 29.5 Å². The van der Waals surface area contributed by atoms with E-state index in [2.05, 4.69) is 0 Å². The second kappa shape index (κ2) is 2.78. The molecule has 15 heavy (non-hydrogen) atoms. The van der Waals surface area contributed by atoms with Crippen molar-refractivity contribution in [1.82, 2.24) is 0 Å².